The zero-order chi connectivity index (χ0) is 25.7. The molecule has 0 radical (unpaired) electrons. The minimum atomic E-state index is -0.256. The van der Waals surface area contributed by atoms with E-state index < -0.39 is 0 Å². The number of imidazole rings is 1. The van der Waals surface area contributed by atoms with Gasteiger partial charge in [0.25, 0.3) is 5.91 Å². The molecule has 3 heterocycles. The second-order valence-electron chi connectivity index (χ2n) is 10.1. The lowest BCUT2D eigenvalue weighted by Gasteiger charge is -2.12. The predicted octanol–water partition coefficient (Wildman–Crippen LogP) is 7.73. The molecule has 0 bridgehead atoms. The van der Waals surface area contributed by atoms with Gasteiger partial charge < -0.3 is 9.88 Å². The van der Waals surface area contributed by atoms with E-state index in [2.05, 4.69) is 46.3 Å². The van der Waals surface area contributed by atoms with Gasteiger partial charge in [-0.15, -0.1) is 0 Å². The average molecular weight is 492 g/mol. The average Bonchev–Trinajstić information content (AvgIpc) is 3.30. The first-order valence-corrected chi connectivity index (χ1v) is 12.9. The van der Waals surface area contributed by atoms with Crippen LogP contribution in [0.1, 0.15) is 45.6 Å². The Kier molecular flexibility index (Phi) is 5.71. The van der Waals surface area contributed by atoms with Gasteiger partial charge in [-0.1, -0.05) is 35.9 Å². The zero-order valence-corrected chi connectivity index (χ0v) is 21.4. The van der Waals surface area contributed by atoms with Crippen molar-refractivity contribution >= 4 is 17.2 Å². The summed E-state index contributed by atoms with van der Waals surface area (Å²) in [7, 11) is 0. The van der Waals surface area contributed by atoms with Gasteiger partial charge in [0.1, 0.15) is 17.2 Å². The second kappa shape index (κ2) is 9.07. The van der Waals surface area contributed by atoms with Crippen molar-refractivity contribution in [1.82, 2.24) is 8.97 Å². The minimum Gasteiger partial charge on any atom is -0.325 e. The molecule has 3 aromatic carbocycles. The zero-order valence-electron chi connectivity index (χ0n) is 21.4. The number of hydrogen-bond donors (Lipinski definition) is 1. The van der Waals surface area contributed by atoms with Gasteiger partial charge in [-0.2, -0.15) is 0 Å². The minimum absolute atomic E-state index is 0.137. The molecule has 1 amide bonds. The number of nitrogens with zero attached hydrogens (tertiary/aromatic N) is 2. The lowest BCUT2D eigenvalue weighted by molar-refractivity contribution is 0.102. The number of hydrogen-bond acceptors (Lipinski definition) is 1. The quantitative estimate of drug-likeness (QED) is 0.274. The summed E-state index contributed by atoms with van der Waals surface area (Å²) in [6.45, 7) is 7.11. The molecule has 186 valence electrons. The Balaban J connectivity index is 1.61. The third-order valence-electron chi connectivity index (χ3n) is 7.59. The van der Waals surface area contributed by atoms with E-state index in [-0.39, 0.29) is 11.7 Å². The summed E-state index contributed by atoms with van der Waals surface area (Å²) in [4.78, 5) is 14.0. The van der Waals surface area contributed by atoms with Crippen LogP contribution >= 0.6 is 0 Å². The standard InChI is InChI=1S/C32H30FN3O/c1-20-7-15-26(16-8-20)34-31(37)30-29(24-10-9-21(2)22(3)18-24)27-6-4-5-17-35-28(19-36(30)32(27)35)23-11-13-25(33)14-12-23/h7-16,18-19H,4-6,17H2,1-3H3,(H,34,37). The molecule has 6 rings (SSSR count). The SMILES string of the molecule is Cc1ccc(NC(=O)c2c(-c3ccc(C)c(C)c3)c3c4n(c(-c5ccc(F)cc5)cn24)CCCC3)cc1. The monoisotopic (exact) mass is 491 g/mol. The lowest BCUT2D eigenvalue weighted by Crippen LogP contribution is -2.15. The largest absolute Gasteiger partial charge is 0.325 e. The Morgan fingerprint density at radius 3 is 2.32 bits per heavy atom. The van der Waals surface area contributed by atoms with Crippen LogP contribution in [0, 0.1) is 26.6 Å². The van der Waals surface area contributed by atoms with E-state index in [0.717, 1.165) is 65.1 Å². The van der Waals surface area contributed by atoms with Crippen molar-refractivity contribution in [3.63, 3.8) is 0 Å². The first-order valence-electron chi connectivity index (χ1n) is 12.9. The van der Waals surface area contributed by atoms with Gasteiger partial charge >= 0.3 is 0 Å². The summed E-state index contributed by atoms with van der Waals surface area (Å²) in [5.41, 5.74) is 11.2. The highest BCUT2D eigenvalue weighted by Crippen LogP contribution is 2.40. The molecule has 2 aromatic heterocycles. The predicted molar refractivity (Wildman–Crippen MR) is 148 cm³/mol. The van der Waals surface area contributed by atoms with Crippen LogP contribution in [-0.4, -0.2) is 14.9 Å². The van der Waals surface area contributed by atoms with Gasteiger partial charge in [0, 0.05) is 29.6 Å². The topological polar surface area (TPSA) is 38.4 Å². The molecular formula is C32H30FN3O. The van der Waals surface area contributed by atoms with E-state index in [0.29, 0.717) is 5.69 Å². The molecule has 37 heavy (non-hydrogen) atoms. The van der Waals surface area contributed by atoms with Crippen molar-refractivity contribution in [1.29, 1.82) is 0 Å². The highest BCUT2D eigenvalue weighted by molar-refractivity contribution is 6.10. The van der Waals surface area contributed by atoms with Gasteiger partial charge in [0.15, 0.2) is 0 Å². The molecule has 0 atom stereocenters. The Morgan fingerprint density at radius 1 is 0.865 bits per heavy atom. The van der Waals surface area contributed by atoms with Crippen LogP contribution in [0.4, 0.5) is 10.1 Å². The second-order valence-corrected chi connectivity index (χ2v) is 10.1. The lowest BCUT2D eigenvalue weighted by atomic mass is 9.95. The van der Waals surface area contributed by atoms with E-state index in [1.807, 2.05) is 49.5 Å². The number of amides is 1. The molecule has 1 aliphatic rings. The van der Waals surface area contributed by atoms with Crippen molar-refractivity contribution < 1.29 is 9.18 Å². The van der Waals surface area contributed by atoms with E-state index in [1.165, 1.54) is 28.8 Å². The molecule has 5 heteroatoms. The number of aromatic nitrogens is 2. The van der Waals surface area contributed by atoms with Crippen molar-refractivity contribution in [2.24, 2.45) is 0 Å². The van der Waals surface area contributed by atoms with Gasteiger partial charge in [-0.25, -0.2) is 4.39 Å². The highest BCUT2D eigenvalue weighted by atomic mass is 19.1. The van der Waals surface area contributed by atoms with Crippen molar-refractivity contribution in [2.75, 3.05) is 5.32 Å². The Morgan fingerprint density at radius 2 is 1.59 bits per heavy atom. The van der Waals surface area contributed by atoms with Crippen molar-refractivity contribution in [3.8, 4) is 22.4 Å². The van der Waals surface area contributed by atoms with Crippen LogP contribution in [-0.2, 0) is 13.0 Å². The summed E-state index contributed by atoms with van der Waals surface area (Å²) in [6, 6.07) is 21.0. The van der Waals surface area contributed by atoms with E-state index in [4.69, 9.17) is 0 Å². The Hall–Kier alpha value is -4.12. The number of aryl methyl sites for hydroxylation is 5. The van der Waals surface area contributed by atoms with Crippen molar-refractivity contribution in [3.05, 3.63) is 107 Å². The van der Waals surface area contributed by atoms with Crippen LogP contribution in [0.25, 0.3) is 28.0 Å². The number of benzene rings is 3. The van der Waals surface area contributed by atoms with Crippen molar-refractivity contribution in [2.45, 2.75) is 46.6 Å². The maximum atomic E-state index is 14.0. The Bertz CT molecular complexity index is 1640. The maximum absolute atomic E-state index is 14.0. The van der Waals surface area contributed by atoms with Crippen LogP contribution in [0.3, 0.4) is 0 Å². The van der Waals surface area contributed by atoms with E-state index >= 15 is 0 Å². The van der Waals surface area contributed by atoms with Gasteiger partial charge in [-0.3, -0.25) is 9.20 Å². The molecule has 0 spiro atoms. The number of anilines is 1. The number of nitrogens with one attached hydrogen (secondary N) is 1. The van der Waals surface area contributed by atoms with Crippen LogP contribution in [0.5, 0.6) is 0 Å². The third kappa shape index (κ3) is 4.05. The van der Waals surface area contributed by atoms with Gasteiger partial charge in [0.2, 0.25) is 0 Å². The fraction of sp³-hybridized carbons (Fsp3) is 0.219. The number of carbonyl (C=O) groups is 1. The normalized spacial score (nSPS) is 13.1. The fourth-order valence-corrected chi connectivity index (χ4v) is 5.50. The number of carbonyl (C=O) groups excluding carboxylic acids is 1. The Labute approximate surface area is 216 Å². The molecule has 1 aliphatic heterocycles. The van der Waals surface area contributed by atoms with Crippen LogP contribution < -0.4 is 5.32 Å². The first kappa shape index (κ1) is 23.3. The summed E-state index contributed by atoms with van der Waals surface area (Å²) >= 11 is 0. The fourth-order valence-electron chi connectivity index (χ4n) is 5.50. The summed E-state index contributed by atoms with van der Waals surface area (Å²) in [5, 5.41) is 3.14. The van der Waals surface area contributed by atoms with Gasteiger partial charge in [-0.05, 0) is 98.7 Å². The summed E-state index contributed by atoms with van der Waals surface area (Å²) in [6.07, 6.45) is 5.04. The molecule has 0 fully saturated rings. The van der Waals surface area contributed by atoms with Crippen LogP contribution in [0.15, 0.2) is 72.9 Å². The number of rotatable bonds is 4. The molecule has 0 saturated carbocycles. The number of halogens is 1. The molecule has 1 N–H and O–H groups in total. The molecule has 0 aliphatic carbocycles. The van der Waals surface area contributed by atoms with E-state index in [9.17, 15) is 9.18 Å². The van der Waals surface area contributed by atoms with E-state index in [1.54, 1.807) is 0 Å². The molecule has 5 aromatic rings. The highest BCUT2D eigenvalue weighted by Gasteiger charge is 2.29. The molecule has 4 nitrogen and oxygen atoms in total. The van der Waals surface area contributed by atoms with Gasteiger partial charge in [0.05, 0.1) is 5.69 Å². The molecular weight excluding hydrogens is 461 g/mol. The maximum Gasteiger partial charge on any atom is 0.273 e. The first-order chi connectivity index (χ1) is 17.9. The van der Waals surface area contributed by atoms with Crippen LogP contribution in [0.2, 0.25) is 0 Å². The smallest absolute Gasteiger partial charge is 0.273 e. The molecule has 0 unspecified atom stereocenters. The summed E-state index contributed by atoms with van der Waals surface area (Å²) in [5.74, 6) is -0.393. The third-order valence-corrected chi connectivity index (χ3v) is 7.59. The summed E-state index contributed by atoms with van der Waals surface area (Å²) < 4.78 is 18.1. The molecule has 0 saturated heterocycles.